The van der Waals surface area contributed by atoms with E-state index in [1.54, 1.807) is 19.2 Å². The molecule has 0 bridgehead atoms. The second kappa shape index (κ2) is 11.3. The molecule has 9 nitrogen and oxygen atoms in total. The number of hydrazone groups is 1. The summed E-state index contributed by atoms with van der Waals surface area (Å²) in [5.41, 5.74) is 6.03. The zero-order valence-electron chi connectivity index (χ0n) is 19.5. The SMILES string of the molecule is COc1ccc(-n2c(SCC(=O)NN=Cc3ccc(C(=O)[O-])cc3)nnc2-c2ccc(C)cc2)cc1. The number of methoxy groups -OCH3 is 1. The minimum atomic E-state index is -1.25. The van der Waals surface area contributed by atoms with E-state index in [1.165, 1.54) is 30.1 Å². The van der Waals surface area contributed by atoms with E-state index < -0.39 is 5.97 Å². The van der Waals surface area contributed by atoms with E-state index in [2.05, 4.69) is 20.7 Å². The smallest absolute Gasteiger partial charge is 0.250 e. The molecule has 1 aromatic heterocycles. The van der Waals surface area contributed by atoms with E-state index >= 15 is 0 Å². The molecule has 0 unspecified atom stereocenters. The lowest BCUT2D eigenvalue weighted by Crippen LogP contribution is -2.22. The zero-order valence-corrected chi connectivity index (χ0v) is 20.4. The van der Waals surface area contributed by atoms with E-state index in [0.717, 1.165) is 22.6 Å². The van der Waals surface area contributed by atoms with Crippen LogP contribution in [-0.4, -0.2) is 45.7 Å². The van der Waals surface area contributed by atoms with Crippen LogP contribution in [0.5, 0.6) is 5.75 Å². The van der Waals surface area contributed by atoms with Crippen molar-refractivity contribution in [1.82, 2.24) is 20.2 Å². The standard InChI is InChI=1S/C26H23N5O4S/c1-17-3-7-19(8-4-17)24-29-30-26(31(24)21-11-13-22(35-2)14-12-21)36-16-23(32)28-27-15-18-5-9-20(10-6-18)25(33)34/h3-15H,16H2,1-2H3,(H,28,32)(H,33,34)/p-1. The van der Waals surface area contributed by atoms with Crippen molar-refractivity contribution in [1.29, 1.82) is 0 Å². The van der Waals surface area contributed by atoms with Gasteiger partial charge in [0.25, 0.3) is 5.91 Å². The average molecular weight is 501 g/mol. The number of rotatable bonds is 9. The predicted octanol–water partition coefficient (Wildman–Crippen LogP) is 2.86. The highest BCUT2D eigenvalue weighted by molar-refractivity contribution is 7.99. The van der Waals surface area contributed by atoms with Crippen molar-refractivity contribution in [3.63, 3.8) is 0 Å². The Balaban J connectivity index is 1.48. The average Bonchev–Trinajstić information content (AvgIpc) is 3.32. The van der Waals surface area contributed by atoms with Crippen LogP contribution < -0.4 is 15.3 Å². The summed E-state index contributed by atoms with van der Waals surface area (Å²) in [5.74, 6) is -0.144. The minimum Gasteiger partial charge on any atom is -0.545 e. The first kappa shape index (κ1) is 24.7. The molecule has 3 aromatic carbocycles. The van der Waals surface area contributed by atoms with Crippen LogP contribution in [0.25, 0.3) is 17.1 Å². The molecule has 4 aromatic rings. The number of hydrogen-bond acceptors (Lipinski definition) is 8. The van der Waals surface area contributed by atoms with Crippen LogP contribution in [-0.2, 0) is 4.79 Å². The summed E-state index contributed by atoms with van der Waals surface area (Å²) in [5, 5.41) is 24.0. The molecular formula is C26H22N5O4S-. The van der Waals surface area contributed by atoms with Crippen LogP contribution in [0, 0.1) is 6.92 Å². The number of carboxylic acid groups (broad SMARTS) is 1. The maximum Gasteiger partial charge on any atom is 0.250 e. The lowest BCUT2D eigenvalue weighted by atomic mass is 10.1. The number of aromatic carboxylic acids is 1. The van der Waals surface area contributed by atoms with Crippen LogP contribution in [0.1, 0.15) is 21.5 Å². The van der Waals surface area contributed by atoms with Crippen LogP contribution >= 0.6 is 11.8 Å². The molecule has 1 heterocycles. The number of nitrogens with zero attached hydrogens (tertiary/aromatic N) is 4. The summed E-state index contributed by atoms with van der Waals surface area (Å²) >= 11 is 1.23. The van der Waals surface area contributed by atoms with Gasteiger partial charge < -0.3 is 14.6 Å². The number of benzene rings is 3. The molecular weight excluding hydrogens is 478 g/mol. The third-order valence-corrected chi connectivity index (χ3v) is 6.08. The van der Waals surface area contributed by atoms with Crippen LogP contribution in [0.2, 0.25) is 0 Å². The number of thioether (sulfide) groups is 1. The monoisotopic (exact) mass is 500 g/mol. The molecule has 36 heavy (non-hydrogen) atoms. The number of carbonyl (C=O) groups excluding carboxylic acids is 2. The Labute approximate surface area is 211 Å². The molecule has 0 aliphatic rings. The Kier molecular flexibility index (Phi) is 7.76. The summed E-state index contributed by atoms with van der Waals surface area (Å²) in [7, 11) is 1.61. The molecule has 0 spiro atoms. The van der Waals surface area contributed by atoms with E-state index in [0.29, 0.717) is 16.5 Å². The second-order valence-electron chi connectivity index (χ2n) is 7.70. The van der Waals surface area contributed by atoms with Crippen LogP contribution in [0.3, 0.4) is 0 Å². The fourth-order valence-electron chi connectivity index (χ4n) is 3.26. The summed E-state index contributed by atoms with van der Waals surface area (Å²) in [4.78, 5) is 23.2. The normalized spacial score (nSPS) is 10.9. The van der Waals surface area contributed by atoms with Gasteiger partial charge >= 0.3 is 0 Å². The Hall–Kier alpha value is -4.44. The molecule has 0 atom stereocenters. The molecule has 0 aliphatic heterocycles. The van der Waals surface area contributed by atoms with Crippen molar-refractivity contribution < 1.29 is 19.4 Å². The Morgan fingerprint density at radius 3 is 2.36 bits per heavy atom. The number of carboxylic acids is 1. The molecule has 0 radical (unpaired) electrons. The molecule has 0 saturated heterocycles. The summed E-state index contributed by atoms with van der Waals surface area (Å²) < 4.78 is 7.16. The quantitative estimate of drug-likeness (QED) is 0.213. The fourth-order valence-corrected chi connectivity index (χ4v) is 4.01. The minimum absolute atomic E-state index is 0.0587. The first-order chi connectivity index (χ1) is 17.4. The molecule has 1 N–H and O–H groups in total. The van der Waals surface area contributed by atoms with Gasteiger partial charge in [-0.05, 0) is 42.3 Å². The maximum absolute atomic E-state index is 12.4. The van der Waals surface area contributed by atoms with Gasteiger partial charge in [0.15, 0.2) is 11.0 Å². The largest absolute Gasteiger partial charge is 0.545 e. The van der Waals surface area contributed by atoms with Crippen LogP contribution in [0.4, 0.5) is 0 Å². The van der Waals surface area contributed by atoms with Gasteiger partial charge in [0, 0.05) is 11.3 Å². The van der Waals surface area contributed by atoms with Crippen molar-refractivity contribution in [2.45, 2.75) is 12.1 Å². The molecule has 0 saturated carbocycles. The van der Waals surface area contributed by atoms with Gasteiger partial charge in [0.2, 0.25) is 0 Å². The number of carbonyl (C=O) groups is 2. The van der Waals surface area contributed by atoms with E-state index in [1.807, 2.05) is 60.0 Å². The highest BCUT2D eigenvalue weighted by Gasteiger charge is 2.17. The van der Waals surface area contributed by atoms with Crippen LogP contribution in [0.15, 0.2) is 83.1 Å². The van der Waals surface area contributed by atoms with Crippen molar-refractivity contribution in [3.8, 4) is 22.8 Å². The number of nitrogens with one attached hydrogen (secondary N) is 1. The Morgan fingerprint density at radius 1 is 1.03 bits per heavy atom. The lowest BCUT2D eigenvalue weighted by Gasteiger charge is -2.11. The zero-order chi connectivity index (χ0) is 25.5. The number of hydrogen-bond donors (Lipinski definition) is 1. The topological polar surface area (TPSA) is 122 Å². The van der Waals surface area contributed by atoms with Gasteiger partial charge in [0.05, 0.1) is 25.0 Å². The molecule has 182 valence electrons. The third-order valence-electron chi connectivity index (χ3n) is 5.16. The molecule has 0 fully saturated rings. The van der Waals surface area contributed by atoms with Crippen molar-refractivity contribution in [3.05, 3.63) is 89.5 Å². The summed E-state index contributed by atoms with van der Waals surface area (Å²) in [6, 6.07) is 21.4. The van der Waals surface area contributed by atoms with E-state index in [9.17, 15) is 14.7 Å². The van der Waals surface area contributed by atoms with Gasteiger partial charge in [-0.15, -0.1) is 10.2 Å². The van der Waals surface area contributed by atoms with Gasteiger partial charge in [-0.3, -0.25) is 9.36 Å². The number of amides is 1. The fraction of sp³-hybridized carbons (Fsp3) is 0.115. The third kappa shape index (κ3) is 5.97. The molecule has 10 heteroatoms. The molecule has 0 aliphatic carbocycles. The van der Waals surface area contributed by atoms with E-state index in [4.69, 9.17) is 4.74 Å². The molecule has 1 amide bonds. The Morgan fingerprint density at radius 2 is 1.72 bits per heavy atom. The number of aromatic nitrogens is 3. The van der Waals surface area contributed by atoms with E-state index in [-0.39, 0.29) is 17.2 Å². The highest BCUT2D eigenvalue weighted by atomic mass is 32.2. The number of aryl methyl sites for hydroxylation is 1. The first-order valence-corrected chi connectivity index (χ1v) is 11.9. The van der Waals surface area contributed by atoms with Crippen molar-refractivity contribution >= 4 is 29.9 Å². The summed E-state index contributed by atoms with van der Waals surface area (Å²) in [6.07, 6.45) is 1.43. The maximum atomic E-state index is 12.4. The predicted molar refractivity (Wildman–Crippen MR) is 135 cm³/mol. The first-order valence-electron chi connectivity index (χ1n) is 10.9. The number of ether oxygens (including phenoxy) is 1. The Bertz CT molecular complexity index is 1380. The lowest BCUT2D eigenvalue weighted by molar-refractivity contribution is -0.255. The van der Waals surface area contributed by atoms with Gasteiger partial charge in [-0.1, -0.05) is 65.9 Å². The van der Waals surface area contributed by atoms with Gasteiger partial charge in [-0.2, -0.15) is 5.10 Å². The van der Waals surface area contributed by atoms with Gasteiger partial charge in [0.1, 0.15) is 5.75 Å². The van der Waals surface area contributed by atoms with Crippen molar-refractivity contribution in [2.24, 2.45) is 5.10 Å². The summed E-state index contributed by atoms with van der Waals surface area (Å²) in [6.45, 7) is 2.02. The second-order valence-corrected chi connectivity index (χ2v) is 8.64. The highest BCUT2D eigenvalue weighted by Crippen LogP contribution is 2.29. The van der Waals surface area contributed by atoms with Gasteiger partial charge in [-0.25, -0.2) is 5.43 Å². The molecule has 4 rings (SSSR count). The van der Waals surface area contributed by atoms with Crippen molar-refractivity contribution in [2.75, 3.05) is 12.9 Å².